The van der Waals surface area contributed by atoms with Crippen molar-refractivity contribution in [2.45, 2.75) is 50.0 Å². The van der Waals surface area contributed by atoms with Crippen molar-refractivity contribution in [1.82, 2.24) is 10.2 Å². The van der Waals surface area contributed by atoms with Crippen LogP contribution in [0.25, 0.3) is 0 Å². The molecule has 1 unspecified atom stereocenters. The van der Waals surface area contributed by atoms with Gasteiger partial charge >= 0.3 is 12.2 Å². The number of aliphatic hydroxyl groups is 1. The Hall–Kier alpha value is -1.02. The minimum absolute atomic E-state index is 0.156. The molecule has 8 heteroatoms. The number of halogens is 3. The lowest BCUT2D eigenvalue weighted by molar-refractivity contribution is -0.222. The Bertz CT molecular complexity index is 386. The van der Waals surface area contributed by atoms with E-state index in [1.54, 1.807) is 7.11 Å². The first-order chi connectivity index (χ1) is 10.3. The maximum absolute atomic E-state index is 12.5. The molecule has 1 aliphatic carbocycles. The number of nitrogens with one attached hydrogen (secondary N) is 1. The lowest BCUT2D eigenvalue weighted by Gasteiger charge is -2.41. The molecule has 2 fully saturated rings. The number of likely N-dealkylation sites (tertiary alicyclic amines) is 1. The van der Waals surface area contributed by atoms with E-state index in [2.05, 4.69) is 5.32 Å². The third kappa shape index (κ3) is 3.84. The summed E-state index contributed by atoms with van der Waals surface area (Å²) in [6.07, 6.45) is -3.70. The number of alkyl halides is 3. The fourth-order valence-corrected chi connectivity index (χ4v) is 3.06. The Kier molecular flexibility index (Phi) is 5.21. The second-order valence-electron chi connectivity index (χ2n) is 6.21. The molecule has 1 saturated heterocycles. The van der Waals surface area contributed by atoms with E-state index in [0.29, 0.717) is 6.54 Å². The van der Waals surface area contributed by atoms with Crippen LogP contribution in [-0.2, 0) is 4.74 Å². The van der Waals surface area contributed by atoms with E-state index in [9.17, 15) is 23.1 Å². The monoisotopic (exact) mass is 324 g/mol. The van der Waals surface area contributed by atoms with Gasteiger partial charge in [-0.15, -0.1) is 0 Å². The lowest BCUT2D eigenvalue weighted by atomic mass is 9.80. The number of amides is 2. The number of nitrogens with zero attached hydrogens (tertiary/aromatic N) is 1. The normalized spacial score (nSPS) is 23.8. The maximum Gasteiger partial charge on any atom is 0.414 e. The fraction of sp³-hybridized carbons (Fsp3) is 0.929. The van der Waals surface area contributed by atoms with Crippen molar-refractivity contribution in [2.75, 3.05) is 26.7 Å². The van der Waals surface area contributed by atoms with Crippen LogP contribution in [0.15, 0.2) is 0 Å². The zero-order valence-corrected chi connectivity index (χ0v) is 12.7. The van der Waals surface area contributed by atoms with E-state index in [1.165, 1.54) is 4.90 Å². The zero-order chi connectivity index (χ0) is 16.4. The number of hydrogen-bond acceptors (Lipinski definition) is 3. The molecule has 1 heterocycles. The van der Waals surface area contributed by atoms with Crippen molar-refractivity contribution in [3.05, 3.63) is 0 Å². The summed E-state index contributed by atoms with van der Waals surface area (Å²) in [5.74, 6) is -0.832. The molecule has 2 N–H and O–H groups in total. The number of urea groups is 1. The standard InChI is InChI=1S/C14H23F3N2O3/c1-22-13(5-2-6-13)9-18-12(21)19-7-3-10(4-8-19)11(20)14(15,16)17/h10-11,20H,2-9H2,1H3,(H,18,21). The first-order valence-electron chi connectivity index (χ1n) is 7.60. The molecule has 0 radical (unpaired) electrons. The highest BCUT2D eigenvalue weighted by Gasteiger charge is 2.44. The van der Waals surface area contributed by atoms with E-state index in [0.717, 1.165) is 19.3 Å². The van der Waals surface area contributed by atoms with E-state index < -0.39 is 18.2 Å². The van der Waals surface area contributed by atoms with Crippen LogP contribution in [0.3, 0.4) is 0 Å². The highest BCUT2D eigenvalue weighted by atomic mass is 19.4. The fourth-order valence-electron chi connectivity index (χ4n) is 3.06. The molecular formula is C14H23F3N2O3. The van der Waals surface area contributed by atoms with Gasteiger partial charge in [-0.1, -0.05) is 0 Å². The van der Waals surface area contributed by atoms with Crippen LogP contribution in [-0.4, -0.2) is 60.7 Å². The number of piperidine rings is 1. The molecule has 128 valence electrons. The summed E-state index contributed by atoms with van der Waals surface area (Å²) in [5.41, 5.74) is -0.277. The van der Waals surface area contributed by atoms with Gasteiger partial charge < -0.3 is 20.1 Å². The molecule has 0 bridgehead atoms. The molecule has 1 saturated carbocycles. The SMILES string of the molecule is COC1(CNC(=O)N2CCC(C(O)C(F)(F)F)CC2)CCC1. The van der Waals surface area contributed by atoms with Crippen LogP contribution in [0.2, 0.25) is 0 Å². The Morgan fingerprint density at radius 2 is 2.00 bits per heavy atom. The summed E-state index contributed by atoms with van der Waals surface area (Å²) in [4.78, 5) is 13.6. The van der Waals surface area contributed by atoms with Gasteiger partial charge in [-0.25, -0.2) is 4.79 Å². The molecule has 2 rings (SSSR count). The van der Waals surface area contributed by atoms with Crippen LogP contribution in [0.4, 0.5) is 18.0 Å². The molecule has 0 spiro atoms. The number of aliphatic hydroxyl groups excluding tert-OH is 1. The summed E-state index contributed by atoms with van der Waals surface area (Å²) >= 11 is 0. The third-order valence-electron chi connectivity index (χ3n) is 4.87. The molecule has 0 aromatic carbocycles. The highest BCUT2D eigenvalue weighted by molar-refractivity contribution is 5.74. The van der Waals surface area contributed by atoms with Crippen molar-refractivity contribution in [3.63, 3.8) is 0 Å². The van der Waals surface area contributed by atoms with Crippen molar-refractivity contribution in [3.8, 4) is 0 Å². The maximum atomic E-state index is 12.5. The molecule has 0 aromatic rings. The summed E-state index contributed by atoms with van der Waals surface area (Å²) in [6, 6.07) is -0.275. The first-order valence-corrected chi connectivity index (χ1v) is 7.60. The summed E-state index contributed by atoms with van der Waals surface area (Å²) in [7, 11) is 1.62. The van der Waals surface area contributed by atoms with Crippen molar-refractivity contribution < 1.29 is 27.8 Å². The molecule has 22 heavy (non-hydrogen) atoms. The van der Waals surface area contributed by atoms with Gasteiger partial charge in [0.1, 0.15) is 0 Å². The number of hydrogen-bond donors (Lipinski definition) is 2. The minimum atomic E-state index is -4.59. The lowest BCUT2D eigenvalue weighted by Crippen LogP contribution is -2.53. The van der Waals surface area contributed by atoms with Gasteiger partial charge in [0.15, 0.2) is 6.10 Å². The quantitative estimate of drug-likeness (QED) is 0.830. The van der Waals surface area contributed by atoms with Crippen LogP contribution in [0.5, 0.6) is 0 Å². The van der Waals surface area contributed by atoms with Gasteiger partial charge in [-0.2, -0.15) is 13.2 Å². The smallest absolute Gasteiger partial charge is 0.383 e. The molecule has 2 aliphatic rings. The number of methoxy groups -OCH3 is 1. The Labute approximate surface area is 127 Å². The van der Waals surface area contributed by atoms with Crippen LogP contribution >= 0.6 is 0 Å². The molecule has 1 atom stereocenters. The third-order valence-corrected chi connectivity index (χ3v) is 4.87. The van der Waals surface area contributed by atoms with E-state index in [4.69, 9.17) is 4.74 Å². The largest absolute Gasteiger partial charge is 0.414 e. The van der Waals surface area contributed by atoms with Gasteiger partial charge in [0.2, 0.25) is 0 Å². The van der Waals surface area contributed by atoms with Crippen molar-refractivity contribution in [2.24, 2.45) is 5.92 Å². The highest BCUT2D eigenvalue weighted by Crippen LogP contribution is 2.34. The molecule has 1 aliphatic heterocycles. The number of carbonyl (C=O) groups excluding carboxylic acids is 1. The van der Waals surface area contributed by atoms with Gasteiger partial charge in [-0.3, -0.25) is 0 Å². The molecule has 0 aromatic heterocycles. The van der Waals surface area contributed by atoms with E-state index in [1.807, 2.05) is 0 Å². The van der Waals surface area contributed by atoms with Gasteiger partial charge in [0.05, 0.1) is 5.60 Å². The average Bonchev–Trinajstić information content (AvgIpc) is 2.45. The van der Waals surface area contributed by atoms with Crippen molar-refractivity contribution in [1.29, 1.82) is 0 Å². The van der Waals surface area contributed by atoms with Crippen LogP contribution in [0, 0.1) is 5.92 Å². The van der Waals surface area contributed by atoms with E-state index in [-0.39, 0.29) is 37.6 Å². The van der Waals surface area contributed by atoms with Gasteiger partial charge in [-0.05, 0) is 38.0 Å². The molecular weight excluding hydrogens is 301 g/mol. The van der Waals surface area contributed by atoms with Crippen molar-refractivity contribution >= 4 is 6.03 Å². The van der Waals surface area contributed by atoms with Crippen LogP contribution < -0.4 is 5.32 Å². The predicted molar refractivity (Wildman–Crippen MR) is 73.3 cm³/mol. The van der Waals surface area contributed by atoms with Crippen LogP contribution in [0.1, 0.15) is 32.1 Å². The molecule has 2 amide bonds. The average molecular weight is 324 g/mol. The summed E-state index contributed by atoms with van der Waals surface area (Å²) < 4.78 is 42.8. The Morgan fingerprint density at radius 1 is 1.41 bits per heavy atom. The second kappa shape index (κ2) is 6.62. The summed E-state index contributed by atoms with van der Waals surface area (Å²) in [5, 5.41) is 12.1. The zero-order valence-electron chi connectivity index (χ0n) is 12.7. The Morgan fingerprint density at radius 3 is 2.41 bits per heavy atom. The Balaban J connectivity index is 1.75. The molecule has 5 nitrogen and oxygen atoms in total. The van der Waals surface area contributed by atoms with Gasteiger partial charge in [0, 0.05) is 26.7 Å². The summed E-state index contributed by atoms with van der Waals surface area (Å²) in [6.45, 7) is 0.876. The second-order valence-corrected chi connectivity index (χ2v) is 6.21. The first kappa shape index (κ1) is 17.3. The number of rotatable bonds is 4. The minimum Gasteiger partial charge on any atom is -0.383 e. The van der Waals surface area contributed by atoms with E-state index >= 15 is 0 Å². The number of ether oxygens (including phenoxy) is 1. The topological polar surface area (TPSA) is 61.8 Å². The predicted octanol–water partition coefficient (Wildman–Crippen LogP) is 1.90. The number of carbonyl (C=O) groups is 1. The van der Waals surface area contributed by atoms with Gasteiger partial charge in [0.25, 0.3) is 0 Å².